The topological polar surface area (TPSA) is 105 Å². The monoisotopic (exact) mass is 734 g/mol. The predicted molar refractivity (Wildman–Crippen MR) is 202 cm³/mol. The fourth-order valence-electron chi connectivity index (χ4n) is 4.92. The standard InChI is InChI=1S/C34H16Cl2N8S4/c35-19-9-13-21(14-10-19)43-33(23(17-37)29-39-25-5-1-3-7-27(25)45-29)47-31(41-43)32-42-44(22-15-11-20(36)12-16-22)34(48-32)24(18-38)30-40-26-6-2-4-8-28(26)46-30/h1-16H/b33-23-,34-24-. The summed E-state index contributed by atoms with van der Waals surface area (Å²) in [5, 5.41) is 39.0. The maximum Gasteiger partial charge on any atom is 0.158 e. The van der Waals surface area contributed by atoms with Crippen LogP contribution in [0.5, 0.6) is 0 Å². The molecule has 2 aromatic heterocycles. The van der Waals surface area contributed by atoms with E-state index in [1.807, 2.05) is 72.8 Å². The molecule has 0 radical (unpaired) electrons. The van der Waals surface area contributed by atoms with E-state index in [4.69, 9.17) is 43.4 Å². The van der Waals surface area contributed by atoms with Crippen LogP contribution in [0.4, 0.5) is 11.4 Å². The van der Waals surface area contributed by atoms with Crippen LogP contribution in [-0.2, 0) is 0 Å². The van der Waals surface area contributed by atoms with Crippen molar-refractivity contribution in [1.82, 2.24) is 9.97 Å². The van der Waals surface area contributed by atoms with Crippen molar-refractivity contribution in [3.8, 4) is 12.1 Å². The van der Waals surface area contributed by atoms with Crippen LogP contribution in [0.2, 0.25) is 10.0 Å². The smallest absolute Gasteiger partial charge is 0.158 e. The summed E-state index contributed by atoms with van der Waals surface area (Å²) in [5.74, 6) is 0. The largest absolute Gasteiger partial charge is 0.235 e. The van der Waals surface area contributed by atoms with Gasteiger partial charge in [-0.15, -0.1) is 22.7 Å². The van der Waals surface area contributed by atoms with Crippen molar-refractivity contribution in [3.05, 3.63) is 127 Å². The SMILES string of the molecule is N#C/C(=C1/SC(C2=NN(c3ccc(Cl)cc3)/C(=C(\C#N)c3nc4ccccc4s3)S2)=NN1c1ccc(Cl)cc1)c1nc2ccccc2s1. The quantitative estimate of drug-likeness (QED) is 0.161. The highest BCUT2D eigenvalue weighted by Gasteiger charge is 2.37. The number of nitrogens with zero attached hydrogens (tertiary/aromatic N) is 8. The molecule has 2 aliphatic rings. The normalized spacial score (nSPS) is 16.6. The van der Waals surface area contributed by atoms with Crippen LogP contribution in [0.3, 0.4) is 0 Å². The summed E-state index contributed by atoms with van der Waals surface area (Å²) in [6.07, 6.45) is 0. The Hall–Kier alpha value is -4.66. The van der Waals surface area contributed by atoms with Gasteiger partial charge in [-0.2, -0.15) is 20.7 Å². The van der Waals surface area contributed by atoms with Crippen LogP contribution >= 0.6 is 69.4 Å². The number of allylic oxidation sites excluding steroid dienone is 2. The molecule has 230 valence electrons. The third-order valence-electron chi connectivity index (χ3n) is 7.15. The third kappa shape index (κ3) is 5.63. The van der Waals surface area contributed by atoms with Crippen molar-refractivity contribution >= 4 is 122 Å². The van der Waals surface area contributed by atoms with E-state index in [-0.39, 0.29) is 0 Å². The van der Waals surface area contributed by atoms with E-state index in [1.54, 1.807) is 34.3 Å². The number of hydrazone groups is 2. The van der Waals surface area contributed by atoms with Crippen LogP contribution < -0.4 is 10.0 Å². The van der Waals surface area contributed by atoms with Crippen LogP contribution in [-0.4, -0.2) is 20.1 Å². The molecule has 4 heterocycles. The number of halogens is 2. The molecule has 0 spiro atoms. The number of anilines is 2. The summed E-state index contributed by atoms with van der Waals surface area (Å²) in [7, 11) is 0. The van der Waals surface area contributed by atoms with Gasteiger partial charge in [0.05, 0.1) is 31.8 Å². The number of rotatable bonds is 5. The van der Waals surface area contributed by atoms with E-state index < -0.39 is 0 Å². The zero-order valence-electron chi connectivity index (χ0n) is 24.2. The number of aromatic nitrogens is 2. The molecule has 8 rings (SSSR count). The molecule has 0 fully saturated rings. The number of thioether (sulfide) groups is 2. The van der Waals surface area contributed by atoms with Crippen LogP contribution in [0.25, 0.3) is 31.6 Å². The zero-order valence-corrected chi connectivity index (χ0v) is 29.0. The molecule has 0 unspecified atom stereocenters. The zero-order chi connectivity index (χ0) is 32.8. The summed E-state index contributed by atoms with van der Waals surface area (Å²) in [5.41, 5.74) is 3.83. The Morgan fingerprint density at radius 3 is 1.33 bits per heavy atom. The highest BCUT2D eigenvalue weighted by Crippen LogP contribution is 2.47. The molecule has 2 aliphatic heterocycles. The predicted octanol–water partition coefficient (Wildman–Crippen LogP) is 10.4. The van der Waals surface area contributed by atoms with Crippen LogP contribution in [0.1, 0.15) is 10.0 Å². The number of benzene rings is 4. The molecule has 0 N–H and O–H groups in total. The number of para-hydroxylation sites is 2. The molecule has 48 heavy (non-hydrogen) atoms. The minimum Gasteiger partial charge on any atom is -0.235 e. The fraction of sp³-hybridized carbons (Fsp3) is 0. The minimum absolute atomic E-state index is 0.385. The van der Waals surface area contributed by atoms with Gasteiger partial charge in [-0.1, -0.05) is 47.5 Å². The molecule has 0 bridgehead atoms. The van der Waals surface area contributed by atoms with Gasteiger partial charge in [-0.3, -0.25) is 0 Å². The number of fused-ring (bicyclic) bond motifs is 2. The Kier molecular flexibility index (Phi) is 8.14. The summed E-state index contributed by atoms with van der Waals surface area (Å²) < 4.78 is 1.96. The molecule has 14 heteroatoms. The minimum atomic E-state index is 0.385. The Morgan fingerprint density at radius 2 is 0.958 bits per heavy atom. The average molecular weight is 736 g/mol. The van der Waals surface area contributed by atoms with Gasteiger partial charge in [0.15, 0.2) is 10.1 Å². The van der Waals surface area contributed by atoms with Crippen molar-refractivity contribution in [2.75, 3.05) is 10.0 Å². The molecular formula is C34H16Cl2N8S4. The Bertz CT molecular complexity index is 2230. The number of nitriles is 2. The first-order chi connectivity index (χ1) is 23.5. The van der Waals surface area contributed by atoms with E-state index in [9.17, 15) is 10.5 Å². The molecule has 0 atom stereocenters. The lowest BCUT2D eigenvalue weighted by Gasteiger charge is -2.16. The molecule has 4 aromatic carbocycles. The first-order valence-corrected chi connectivity index (χ1v) is 18.2. The van der Waals surface area contributed by atoms with Gasteiger partial charge in [0.1, 0.15) is 43.4 Å². The second kappa shape index (κ2) is 12.7. The highest BCUT2D eigenvalue weighted by atomic mass is 35.5. The van der Waals surface area contributed by atoms with Crippen molar-refractivity contribution < 1.29 is 0 Å². The second-order valence-electron chi connectivity index (χ2n) is 10.1. The van der Waals surface area contributed by atoms with Crippen LogP contribution in [0, 0.1) is 22.7 Å². The van der Waals surface area contributed by atoms with Gasteiger partial charge in [0.25, 0.3) is 0 Å². The number of hydrogen-bond donors (Lipinski definition) is 0. The summed E-state index contributed by atoms with van der Waals surface area (Å²) in [6, 6.07) is 34.8. The number of thiazole rings is 2. The van der Waals surface area contributed by atoms with E-state index >= 15 is 0 Å². The Labute approximate surface area is 300 Å². The molecular weight excluding hydrogens is 720 g/mol. The lowest BCUT2D eigenvalue weighted by molar-refractivity contribution is 1.07. The highest BCUT2D eigenvalue weighted by molar-refractivity contribution is 8.28. The summed E-state index contributed by atoms with van der Waals surface area (Å²) >= 11 is 18.0. The lowest BCUT2D eigenvalue weighted by Crippen LogP contribution is -2.11. The average Bonchev–Trinajstić information content (AvgIpc) is 3.91. The van der Waals surface area contributed by atoms with Crippen molar-refractivity contribution in [2.45, 2.75) is 0 Å². The Balaban J connectivity index is 1.26. The molecule has 0 saturated carbocycles. The van der Waals surface area contributed by atoms with Gasteiger partial charge in [0, 0.05) is 10.0 Å². The van der Waals surface area contributed by atoms with Crippen molar-refractivity contribution in [3.63, 3.8) is 0 Å². The second-order valence-corrected chi connectivity index (χ2v) is 15.0. The van der Waals surface area contributed by atoms with Gasteiger partial charge in [-0.05, 0) is 96.3 Å². The van der Waals surface area contributed by atoms with Crippen LogP contribution in [0.15, 0.2) is 117 Å². The van der Waals surface area contributed by atoms with Gasteiger partial charge in [0.2, 0.25) is 0 Å². The van der Waals surface area contributed by atoms with Gasteiger partial charge in [-0.25, -0.2) is 20.0 Å². The summed E-state index contributed by atoms with van der Waals surface area (Å²) in [4.78, 5) is 9.54. The maximum atomic E-state index is 10.5. The van der Waals surface area contributed by atoms with Gasteiger partial charge < -0.3 is 0 Å². The molecule has 8 nitrogen and oxygen atoms in total. The van der Waals surface area contributed by atoms with E-state index in [1.165, 1.54) is 46.2 Å². The molecule has 6 aromatic rings. The molecule has 0 amide bonds. The fourth-order valence-corrected chi connectivity index (χ4v) is 9.29. The maximum absolute atomic E-state index is 10.5. The third-order valence-corrected chi connectivity index (χ3v) is 12.0. The summed E-state index contributed by atoms with van der Waals surface area (Å²) in [6.45, 7) is 0. The van der Waals surface area contributed by atoms with E-state index in [0.717, 1.165) is 20.4 Å². The molecule has 0 aliphatic carbocycles. The number of hydrogen-bond acceptors (Lipinski definition) is 12. The van der Waals surface area contributed by atoms with Gasteiger partial charge >= 0.3 is 0 Å². The van der Waals surface area contributed by atoms with E-state index in [2.05, 4.69) is 12.1 Å². The first-order valence-electron chi connectivity index (χ1n) is 14.1. The van der Waals surface area contributed by atoms with Crippen molar-refractivity contribution in [2.24, 2.45) is 10.2 Å². The van der Waals surface area contributed by atoms with Crippen molar-refractivity contribution in [1.29, 1.82) is 10.5 Å². The first kappa shape index (κ1) is 30.7. The van der Waals surface area contributed by atoms with E-state index in [0.29, 0.717) is 62.7 Å². The Morgan fingerprint density at radius 1 is 0.562 bits per heavy atom. The lowest BCUT2D eigenvalue weighted by atomic mass is 10.3. The molecule has 0 saturated heterocycles.